The van der Waals surface area contributed by atoms with Crippen LogP contribution in [0.25, 0.3) is 0 Å². The summed E-state index contributed by atoms with van der Waals surface area (Å²) < 4.78 is 0. The number of nitrogens with two attached hydrogens (primary N) is 1. The molecule has 0 aromatic rings. The second-order valence-corrected chi connectivity index (χ2v) is 4.15. The van der Waals surface area contributed by atoms with Crippen LogP contribution in [0.3, 0.4) is 0 Å². The van der Waals surface area contributed by atoms with Crippen molar-refractivity contribution in [3.63, 3.8) is 0 Å². The van der Waals surface area contributed by atoms with Crippen molar-refractivity contribution in [2.24, 2.45) is 10.7 Å². The van der Waals surface area contributed by atoms with E-state index in [1.54, 1.807) is 0 Å². The minimum Gasteiger partial charge on any atom is -0.370 e. The highest BCUT2D eigenvalue weighted by atomic mass is 15.4. The Hall–Kier alpha value is -0.730. The van der Waals surface area contributed by atoms with Gasteiger partial charge in [-0.15, -0.1) is 0 Å². The zero-order chi connectivity index (χ0) is 8.86. The van der Waals surface area contributed by atoms with Crippen LogP contribution in [0.1, 0.15) is 27.7 Å². The minimum atomic E-state index is -0.0775. The molecule has 0 aliphatic carbocycles. The van der Waals surface area contributed by atoms with Crippen LogP contribution in [0.5, 0.6) is 0 Å². The lowest BCUT2D eigenvalue weighted by Gasteiger charge is -2.38. The van der Waals surface area contributed by atoms with Gasteiger partial charge in [0.05, 0.1) is 11.1 Å². The average Bonchev–Trinajstić information content (AvgIpc) is 1.93. The van der Waals surface area contributed by atoms with Gasteiger partial charge >= 0.3 is 0 Å². The molecule has 1 rings (SSSR count). The molecule has 0 atom stereocenters. The van der Waals surface area contributed by atoms with Crippen LogP contribution in [-0.2, 0) is 0 Å². The third-order valence-electron chi connectivity index (χ3n) is 3.07. The predicted octanol–water partition coefficient (Wildman–Crippen LogP) is 0.804. The first-order valence-electron chi connectivity index (χ1n) is 3.88. The molecular weight excluding hydrogens is 138 g/mol. The molecule has 11 heavy (non-hydrogen) atoms. The van der Waals surface area contributed by atoms with Gasteiger partial charge in [0.25, 0.3) is 0 Å². The maximum atomic E-state index is 5.71. The third-order valence-corrected chi connectivity index (χ3v) is 3.07. The molecular formula is C8H17N3. The fourth-order valence-corrected chi connectivity index (χ4v) is 1.19. The van der Waals surface area contributed by atoms with E-state index in [1.807, 2.05) is 11.9 Å². The molecule has 3 heteroatoms. The Bertz CT molecular complexity index is 203. The fourth-order valence-electron chi connectivity index (χ4n) is 1.19. The number of rotatable bonds is 0. The Kier molecular flexibility index (Phi) is 1.44. The van der Waals surface area contributed by atoms with E-state index >= 15 is 0 Å². The molecule has 0 aromatic carbocycles. The molecule has 0 fully saturated rings. The molecule has 1 heterocycles. The maximum absolute atomic E-state index is 5.71. The molecule has 0 radical (unpaired) electrons. The van der Waals surface area contributed by atoms with Crippen LogP contribution in [0.15, 0.2) is 4.99 Å². The standard InChI is InChI=1S/C8H17N3/c1-7(2)8(3,4)11(5)6(9)10-7/h1-5H3,(H2,9,10). The molecule has 3 nitrogen and oxygen atoms in total. The maximum Gasteiger partial charge on any atom is 0.192 e. The predicted molar refractivity (Wildman–Crippen MR) is 47.5 cm³/mol. The normalized spacial score (nSPS) is 27.0. The van der Waals surface area contributed by atoms with Gasteiger partial charge < -0.3 is 10.6 Å². The van der Waals surface area contributed by atoms with E-state index < -0.39 is 0 Å². The van der Waals surface area contributed by atoms with Gasteiger partial charge in [-0.2, -0.15) is 0 Å². The molecule has 2 N–H and O–H groups in total. The smallest absolute Gasteiger partial charge is 0.192 e. The Morgan fingerprint density at radius 3 is 1.82 bits per heavy atom. The number of nitrogens with zero attached hydrogens (tertiary/aromatic N) is 2. The van der Waals surface area contributed by atoms with E-state index in [9.17, 15) is 0 Å². The Balaban J connectivity index is 3.05. The SMILES string of the molecule is CN1C(N)=NC(C)(C)C1(C)C. The topological polar surface area (TPSA) is 41.6 Å². The lowest BCUT2D eigenvalue weighted by molar-refractivity contribution is 0.185. The van der Waals surface area contributed by atoms with Crippen molar-refractivity contribution in [1.29, 1.82) is 0 Å². The molecule has 64 valence electrons. The quantitative estimate of drug-likeness (QED) is 0.562. The van der Waals surface area contributed by atoms with Crippen LogP contribution in [0, 0.1) is 0 Å². The van der Waals surface area contributed by atoms with E-state index in [0.717, 1.165) is 0 Å². The van der Waals surface area contributed by atoms with E-state index in [4.69, 9.17) is 5.73 Å². The summed E-state index contributed by atoms with van der Waals surface area (Å²) in [6, 6.07) is 0. The van der Waals surface area contributed by atoms with Gasteiger partial charge in [-0.05, 0) is 27.7 Å². The first-order valence-corrected chi connectivity index (χ1v) is 3.88. The summed E-state index contributed by atoms with van der Waals surface area (Å²) in [5.74, 6) is 0.639. The summed E-state index contributed by atoms with van der Waals surface area (Å²) in [5, 5.41) is 0. The van der Waals surface area contributed by atoms with Crippen molar-refractivity contribution in [3.05, 3.63) is 0 Å². The van der Waals surface area contributed by atoms with Gasteiger partial charge in [0.1, 0.15) is 0 Å². The monoisotopic (exact) mass is 155 g/mol. The summed E-state index contributed by atoms with van der Waals surface area (Å²) in [7, 11) is 1.98. The molecule has 0 saturated heterocycles. The highest BCUT2D eigenvalue weighted by Gasteiger charge is 2.46. The molecule has 0 bridgehead atoms. The molecule has 1 aliphatic rings. The van der Waals surface area contributed by atoms with E-state index in [1.165, 1.54) is 0 Å². The zero-order valence-corrected chi connectivity index (χ0v) is 7.97. The first-order chi connectivity index (χ1) is 4.79. The summed E-state index contributed by atoms with van der Waals surface area (Å²) in [6.07, 6.45) is 0. The summed E-state index contributed by atoms with van der Waals surface area (Å²) >= 11 is 0. The first kappa shape index (κ1) is 8.37. The van der Waals surface area contributed by atoms with Gasteiger partial charge in [0.15, 0.2) is 5.96 Å². The van der Waals surface area contributed by atoms with Crippen LogP contribution < -0.4 is 5.73 Å². The van der Waals surface area contributed by atoms with Crippen LogP contribution >= 0.6 is 0 Å². The van der Waals surface area contributed by atoms with E-state index in [0.29, 0.717) is 5.96 Å². The van der Waals surface area contributed by atoms with Crippen molar-refractivity contribution >= 4 is 5.96 Å². The summed E-state index contributed by atoms with van der Waals surface area (Å²) in [4.78, 5) is 6.40. The number of guanidine groups is 1. The van der Waals surface area contributed by atoms with E-state index in [2.05, 4.69) is 32.7 Å². The second kappa shape index (κ2) is 1.90. The van der Waals surface area contributed by atoms with Crippen molar-refractivity contribution in [2.45, 2.75) is 38.8 Å². The van der Waals surface area contributed by atoms with Crippen LogP contribution in [0.2, 0.25) is 0 Å². The zero-order valence-electron chi connectivity index (χ0n) is 7.97. The highest BCUT2D eigenvalue weighted by Crippen LogP contribution is 2.34. The van der Waals surface area contributed by atoms with Crippen molar-refractivity contribution in [1.82, 2.24) is 4.90 Å². The lowest BCUT2D eigenvalue weighted by Crippen LogP contribution is -2.52. The lowest BCUT2D eigenvalue weighted by atomic mass is 9.84. The molecule has 0 aromatic heterocycles. The number of likely N-dealkylation sites (N-methyl/N-ethyl adjacent to an activating group) is 1. The van der Waals surface area contributed by atoms with Crippen LogP contribution in [0.4, 0.5) is 0 Å². The Morgan fingerprint density at radius 2 is 1.73 bits per heavy atom. The van der Waals surface area contributed by atoms with Crippen molar-refractivity contribution in [3.8, 4) is 0 Å². The van der Waals surface area contributed by atoms with Gasteiger partial charge in [0, 0.05) is 7.05 Å². The fraction of sp³-hybridized carbons (Fsp3) is 0.875. The second-order valence-electron chi connectivity index (χ2n) is 4.15. The summed E-state index contributed by atoms with van der Waals surface area (Å²) in [5.41, 5.74) is 5.65. The van der Waals surface area contributed by atoms with Gasteiger partial charge in [-0.1, -0.05) is 0 Å². The third kappa shape index (κ3) is 0.905. The number of hydrogen-bond acceptors (Lipinski definition) is 3. The molecule has 1 aliphatic heterocycles. The summed E-state index contributed by atoms with van der Waals surface area (Å²) in [6.45, 7) is 8.50. The van der Waals surface area contributed by atoms with Crippen molar-refractivity contribution < 1.29 is 0 Å². The molecule has 0 amide bonds. The van der Waals surface area contributed by atoms with Gasteiger partial charge in [-0.3, -0.25) is 0 Å². The Morgan fingerprint density at radius 1 is 1.27 bits per heavy atom. The molecule has 0 saturated carbocycles. The largest absolute Gasteiger partial charge is 0.370 e. The molecule has 0 spiro atoms. The van der Waals surface area contributed by atoms with E-state index in [-0.39, 0.29) is 11.1 Å². The van der Waals surface area contributed by atoms with Gasteiger partial charge in [0.2, 0.25) is 0 Å². The average molecular weight is 155 g/mol. The number of hydrogen-bond donors (Lipinski definition) is 1. The highest BCUT2D eigenvalue weighted by molar-refractivity contribution is 5.81. The van der Waals surface area contributed by atoms with Crippen LogP contribution in [-0.4, -0.2) is 29.0 Å². The van der Waals surface area contributed by atoms with Crippen molar-refractivity contribution in [2.75, 3.05) is 7.05 Å². The Labute approximate surface area is 68.3 Å². The number of aliphatic imine (C=N–C) groups is 1. The molecule has 0 unspecified atom stereocenters. The minimum absolute atomic E-state index is 0.0249. The van der Waals surface area contributed by atoms with Gasteiger partial charge in [-0.25, -0.2) is 4.99 Å².